The van der Waals surface area contributed by atoms with E-state index in [1.807, 2.05) is 20.8 Å². The molecule has 15 heavy (non-hydrogen) atoms. The summed E-state index contributed by atoms with van der Waals surface area (Å²) >= 11 is 0. The minimum absolute atomic E-state index is 0.125. The minimum Gasteiger partial charge on any atom is -0.444 e. The zero-order valence-corrected chi connectivity index (χ0v) is 9.66. The quantitative estimate of drug-likeness (QED) is 0.643. The van der Waals surface area contributed by atoms with Crippen LogP contribution in [0.3, 0.4) is 0 Å². The van der Waals surface area contributed by atoms with Gasteiger partial charge in [0.2, 0.25) is 0 Å². The largest absolute Gasteiger partial charge is 0.444 e. The molecule has 1 saturated heterocycles. The van der Waals surface area contributed by atoms with Crippen LogP contribution in [0.2, 0.25) is 0 Å². The van der Waals surface area contributed by atoms with E-state index >= 15 is 0 Å². The second kappa shape index (κ2) is 4.81. The van der Waals surface area contributed by atoms with E-state index in [0.717, 1.165) is 0 Å². The molecular weight excluding hydrogens is 196 g/mol. The molecule has 5 heteroatoms. The summed E-state index contributed by atoms with van der Waals surface area (Å²) in [5, 5.41) is 0. The third-order valence-electron chi connectivity index (χ3n) is 1.94. The molecule has 0 unspecified atom stereocenters. The molecule has 2 N–H and O–H groups in total. The Hall–Kier alpha value is -0.810. The lowest BCUT2D eigenvalue weighted by atomic mass is 10.2. The number of nitrogens with two attached hydrogens (primary N) is 1. The van der Waals surface area contributed by atoms with E-state index < -0.39 is 5.60 Å². The van der Waals surface area contributed by atoms with Gasteiger partial charge in [-0.05, 0) is 20.8 Å². The van der Waals surface area contributed by atoms with E-state index in [4.69, 9.17) is 15.2 Å². The van der Waals surface area contributed by atoms with Crippen molar-refractivity contribution < 1.29 is 14.3 Å². The van der Waals surface area contributed by atoms with Crippen molar-refractivity contribution in [2.45, 2.75) is 32.4 Å². The smallest absolute Gasteiger partial charge is 0.410 e. The van der Waals surface area contributed by atoms with Crippen LogP contribution in [-0.2, 0) is 9.47 Å². The number of hydrogen-bond donors (Lipinski definition) is 1. The molecule has 1 heterocycles. The lowest BCUT2D eigenvalue weighted by Crippen LogP contribution is -2.43. The fraction of sp³-hybridized carbons (Fsp3) is 0.900. The maximum absolute atomic E-state index is 11.7. The fourth-order valence-electron chi connectivity index (χ4n) is 1.33. The highest BCUT2D eigenvalue weighted by molar-refractivity contribution is 5.68. The first-order chi connectivity index (χ1) is 6.88. The molecule has 1 amide bonds. The SMILES string of the molecule is CC(C)(C)OC(=O)N1CCOC[C@@H](N)C1. The summed E-state index contributed by atoms with van der Waals surface area (Å²) in [7, 11) is 0. The van der Waals surface area contributed by atoms with Crippen molar-refractivity contribution in [2.24, 2.45) is 5.73 Å². The van der Waals surface area contributed by atoms with Crippen molar-refractivity contribution in [2.75, 3.05) is 26.3 Å². The van der Waals surface area contributed by atoms with Gasteiger partial charge in [-0.1, -0.05) is 0 Å². The average Bonchev–Trinajstić information content (AvgIpc) is 2.26. The number of hydrogen-bond acceptors (Lipinski definition) is 4. The van der Waals surface area contributed by atoms with Gasteiger partial charge in [-0.15, -0.1) is 0 Å². The van der Waals surface area contributed by atoms with Gasteiger partial charge in [-0.25, -0.2) is 4.79 Å². The molecule has 1 aliphatic heterocycles. The second-order valence-electron chi connectivity index (χ2n) is 4.76. The van der Waals surface area contributed by atoms with E-state index in [1.165, 1.54) is 0 Å². The first-order valence-corrected chi connectivity index (χ1v) is 5.20. The topological polar surface area (TPSA) is 64.8 Å². The van der Waals surface area contributed by atoms with Gasteiger partial charge in [0, 0.05) is 19.1 Å². The maximum atomic E-state index is 11.7. The number of ether oxygens (including phenoxy) is 2. The predicted molar refractivity (Wildman–Crippen MR) is 56.6 cm³/mol. The van der Waals surface area contributed by atoms with Crippen molar-refractivity contribution in [3.05, 3.63) is 0 Å². The highest BCUT2D eigenvalue weighted by atomic mass is 16.6. The average molecular weight is 216 g/mol. The van der Waals surface area contributed by atoms with Crippen LogP contribution in [-0.4, -0.2) is 48.9 Å². The first kappa shape index (κ1) is 12.3. The molecule has 0 aromatic carbocycles. The van der Waals surface area contributed by atoms with Crippen molar-refractivity contribution in [3.63, 3.8) is 0 Å². The molecule has 1 rings (SSSR count). The van der Waals surface area contributed by atoms with Crippen LogP contribution >= 0.6 is 0 Å². The Balaban J connectivity index is 2.50. The molecule has 1 aliphatic rings. The van der Waals surface area contributed by atoms with Crippen LogP contribution in [0.5, 0.6) is 0 Å². The molecule has 0 aromatic rings. The van der Waals surface area contributed by atoms with Crippen LogP contribution in [0, 0.1) is 0 Å². The Morgan fingerprint density at radius 2 is 2.20 bits per heavy atom. The summed E-state index contributed by atoms with van der Waals surface area (Å²) in [6.45, 7) is 7.60. The van der Waals surface area contributed by atoms with Gasteiger partial charge >= 0.3 is 6.09 Å². The Bertz CT molecular complexity index is 225. The van der Waals surface area contributed by atoms with Gasteiger partial charge in [0.1, 0.15) is 5.60 Å². The van der Waals surface area contributed by atoms with Crippen molar-refractivity contribution in [1.29, 1.82) is 0 Å². The van der Waals surface area contributed by atoms with Crippen LogP contribution in [0.15, 0.2) is 0 Å². The highest BCUT2D eigenvalue weighted by Gasteiger charge is 2.25. The highest BCUT2D eigenvalue weighted by Crippen LogP contribution is 2.11. The molecule has 1 fully saturated rings. The van der Waals surface area contributed by atoms with Gasteiger partial charge in [-0.2, -0.15) is 0 Å². The third kappa shape index (κ3) is 4.48. The molecule has 0 aromatic heterocycles. The van der Waals surface area contributed by atoms with E-state index in [1.54, 1.807) is 4.90 Å². The Kier molecular flexibility index (Phi) is 3.93. The summed E-state index contributed by atoms with van der Waals surface area (Å²) in [5.74, 6) is 0. The fourth-order valence-corrected chi connectivity index (χ4v) is 1.33. The Morgan fingerprint density at radius 3 is 2.80 bits per heavy atom. The first-order valence-electron chi connectivity index (χ1n) is 5.20. The number of nitrogens with zero attached hydrogens (tertiary/aromatic N) is 1. The summed E-state index contributed by atoms with van der Waals surface area (Å²) in [6.07, 6.45) is -0.316. The van der Waals surface area contributed by atoms with Crippen LogP contribution < -0.4 is 5.73 Å². The van der Waals surface area contributed by atoms with Crippen LogP contribution in [0.1, 0.15) is 20.8 Å². The summed E-state index contributed by atoms with van der Waals surface area (Å²) in [6, 6.07) is -0.125. The molecule has 0 radical (unpaired) electrons. The molecule has 0 bridgehead atoms. The van der Waals surface area contributed by atoms with Gasteiger partial charge in [0.05, 0.1) is 13.2 Å². The lowest BCUT2D eigenvalue weighted by molar-refractivity contribution is 0.0241. The van der Waals surface area contributed by atoms with Crippen molar-refractivity contribution >= 4 is 6.09 Å². The molecule has 88 valence electrons. The van der Waals surface area contributed by atoms with E-state index in [2.05, 4.69) is 0 Å². The summed E-state index contributed by atoms with van der Waals surface area (Å²) in [5.41, 5.74) is 5.29. The lowest BCUT2D eigenvalue weighted by Gasteiger charge is -2.26. The van der Waals surface area contributed by atoms with Crippen molar-refractivity contribution in [3.8, 4) is 0 Å². The van der Waals surface area contributed by atoms with Crippen molar-refractivity contribution in [1.82, 2.24) is 4.90 Å². The standard InChI is InChI=1S/C10H20N2O3/c1-10(2,3)15-9(13)12-4-5-14-7-8(11)6-12/h8H,4-7,11H2,1-3H3/t8-/m0/s1. The van der Waals surface area contributed by atoms with E-state index in [0.29, 0.717) is 26.3 Å². The van der Waals surface area contributed by atoms with Crippen LogP contribution in [0.4, 0.5) is 4.79 Å². The Morgan fingerprint density at radius 1 is 1.53 bits per heavy atom. The summed E-state index contributed by atoms with van der Waals surface area (Å²) < 4.78 is 10.5. The maximum Gasteiger partial charge on any atom is 0.410 e. The molecule has 1 atom stereocenters. The zero-order valence-electron chi connectivity index (χ0n) is 9.66. The molecule has 5 nitrogen and oxygen atoms in total. The molecular formula is C10H20N2O3. The zero-order chi connectivity index (χ0) is 11.5. The second-order valence-corrected chi connectivity index (χ2v) is 4.76. The van der Waals surface area contributed by atoms with Gasteiger partial charge in [0.25, 0.3) is 0 Å². The number of rotatable bonds is 0. The molecule has 0 saturated carbocycles. The minimum atomic E-state index is -0.464. The predicted octanol–water partition coefficient (Wildman–Crippen LogP) is 0.581. The van der Waals surface area contributed by atoms with E-state index in [9.17, 15) is 4.79 Å². The number of carbonyl (C=O) groups is 1. The van der Waals surface area contributed by atoms with Gasteiger partial charge < -0.3 is 20.1 Å². The number of amides is 1. The third-order valence-corrected chi connectivity index (χ3v) is 1.94. The molecule has 0 aliphatic carbocycles. The van der Waals surface area contributed by atoms with Gasteiger partial charge in [0.15, 0.2) is 0 Å². The monoisotopic (exact) mass is 216 g/mol. The van der Waals surface area contributed by atoms with Gasteiger partial charge in [-0.3, -0.25) is 0 Å². The normalized spacial score (nSPS) is 23.5. The molecule has 0 spiro atoms. The Labute approximate surface area is 90.5 Å². The van der Waals surface area contributed by atoms with Crippen LogP contribution in [0.25, 0.3) is 0 Å². The number of carbonyl (C=O) groups excluding carboxylic acids is 1. The summed E-state index contributed by atoms with van der Waals surface area (Å²) in [4.78, 5) is 13.3. The van der Waals surface area contributed by atoms with E-state index in [-0.39, 0.29) is 12.1 Å².